The lowest BCUT2D eigenvalue weighted by atomic mass is 10.2. The zero-order valence-corrected chi connectivity index (χ0v) is 15.9. The minimum absolute atomic E-state index is 0.0745. The monoisotopic (exact) mass is 375 g/mol. The summed E-state index contributed by atoms with van der Waals surface area (Å²) >= 11 is 6.10. The third-order valence-electron chi connectivity index (χ3n) is 5.42. The molecule has 2 aliphatic rings. The smallest absolute Gasteiger partial charge is 0.345 e. The molecule has 0 spiro atoms. The SMILES string of the molecule is O=c1n(CCCN2CCN(c3cccc(Cl)c3)CC2)nc2n1CCCC2. The third kappa shape index (κ3) is 3.81. The Labute approximate surface area is 159 Å². The van der Waals surface area contributed by atoms with Crippen LogP contribution in [0, 0.1) is 0 Å². The van der Waals surface area contributed by atoms with Gasteiger partial charge in [0.2, 0.25) is 0 Å². The van der Waals surface area contributed by atoms with E-state index in [0.717, 1.165) is 75.8 Å². The maximum absolute atomic E-state index is 12.4. The van der Waals surface area contributed by atoms with Crippen molar-refractivity contribution in [2.24, 2.45) is 0 Å². The highest BCUT2D eigenvalue weighted by Crippen LogP contribution is 2.20. The van der Waals surface area contributed by atoms with E-state index in [1.54, 1.807) is 4.68 Å². The molecule has 1 saturated heterocycles. The Balaban J connectivity index is 1.25. The van der Waals surface area contributed by atoms with Crippen molar-refractivity contribution >= 4 is 17.3 Å². The van der Waals surface area contributed by atoms with Crippen LogP contribution in [0.5, 0.6) is 0 Å². The Morgan fingerprint density at radius 2 is 1.88 bits per heavy atom. The summed E-state index contributed by atoms with van der Waals surface area (Å²) in [5.41, 5.74) is 1.28. The molecule has 0 unspecified atom stereocenters. The largest absolute Gasteiger partial charge is 0.369 e. The molecule has 0 saturated carbocycles. The molecule has 2 aliphatic heterocycles. The summed E-state index contributed by atoms with van der Waals surface area (Å²) in [5.74, 6) is 0.969. The highest BCUT2D eigenvalue weighted by atomic mass is 35.5. The summed E-state index contributed by atoms with van der Waals surface area (Å²) in [6, 6.07) is 8.07. The van der Waals surface area contributed by atoms with E-state index in [4.69, 9.17) is 11.6 Å². The van der Waals surface area contributed by atoms with Crippen LogP contribution in [0.2, 0.25) is 5.02 Å². The molecule has 0 amide bonds. The first-order valence-corrected chi connectivity index (χ1v) is 9.98. The molecule has 1 aromatic heterocycles. The predicted molar refractivity (Wildman–Crippen MR) is 104 cm³/mol. The lowest BCUT2D eigenvalue weighted by molar-refractivity contribution is 0.248. The van der Waals surface area contributed by atoms with E-state index in [-0.39, 0.29) is 5.69 Å². The molecule has 26 heavy (non-hydrogen) atoms. The molecule has 0 aliphatic carbocycles. The Bertz CT molecular complexity index is 807. The van der Waals surface area contributed by atoms with Gasteiger partial charge in [0.15, 0.2) is 0 Å². The van der Waals surface area contributed by atoms with Crippen LogP contribution in [0.1, 0.15) is 25.1 Å². The van der Waals surface area contributed by atoms with Gasteiger partial charge in [-0.25, -0.2) is 9.48 Å². The van der Waals surface area contributed by atoms with E-state index >= 15 is 0 Å². The van der Waals surface area contributed by atoms with Gasteiger partial charge in [-0.2, -0.15) is 5.10 Å². The van der Waals surface area contributed by atoms with E-state index in [2.05, 4.69) is 21.0 Å². The van der Waals surface area contributed by atoms with Gasteiger partial charge in [-0.1, -0.05) is 17.7 Å². The van der Waals surface area contributed by atoms with Gasteiger partial charge in [0.05, 0.1) is 0 Å². The number of piperazine rings is 1. The Morgan fingerprint density at radius 1 is 1.04 bits per heavy atom. The number of fused-ring (bicyclic) bond motifs is 1. The number of aryl methyl sites for hydroxylation is 2. The lowest BCUT2D eigenvalue weighted by Gasteiger charge is -2.36. The van der Waals surface area contributed by atoms with Gasteiger partial charge in [0, 0.05) is 62.9 Å². The first-order valence-electron chi connectivity index (χ1n) is 9.60. The molecule has 0 radical (unpaired) electrons. The van der Waals surface area contributed by atoms with Crippen molar-refractivity contribution in [1.82, 2.24) is 19.2 Å². The zero-order chi connectivity index (χ0) is 17.9. The average molecular weight is 376 g/mol. The molecule has 0 N–H and O–H groups in total. The Morgan fingerprint density at radius 3 is 2.65 bits per heavy atom. The molecule has 0 bridgehead atoms. The summed E-state index contributed by atoms with van der Waals surface area (Å²) < 4.78 is 3.52. The van der Waals surface area contributed by atoms with Crippen LogP contribution in [0.3, 0.4) is 0 Å². The summed E-state index contributed by atoms with van der Waals surface area (Å²) in [6.45, 7) is 6.67. The summed E-state index contributed by atoms with van der Waals surface area (Å²) in [4.78, 5) is 17.2. The summed E-state index contributed by atoms with van der Waals surface area (Å²) in [5, 5.41) is 5.31. The highest BCUT2D eigenvalue weighted by molar-refractivity contribution is 6.30. The summed E-state index contributed by atoms with van der Waals surface area (Å²) in [6.07, 6.45) is 4.14. The first-order chi connectivity index (χ1) is 12.7. The normalized spacial score (nSPS) is 18.1. The molecule has 2 aromatic rings. The van der Waals surface area contributed by atoms with Gasteiger partial charge in [0.25, 0.3) is 0 Å². The maximum Gasteiger partial charge on any atom is 0.345 e. The fourth-order valence-electron chi connectivity index (χ4n) is 3.94. The summed E-state index contributed by atoms with van der Waals surface area (Å²) in [7, 11) is 0. The minimum Gasteiger partial charge on any atom is -0.369 e. The second-order valence-corrected chi connectivity index (χ2v) is 7.63. The van der Waals surface area contributed by atoms with Crippen LogP contribution in [-0.2, 0) is 19.5 Å². The number of hydrogen-bond donors (Lipinski definition) is 0. The number of anilines is 1. The molecular formula is C19H26ClN5O. The van der Waals surface area contributed by atoms with Crippen molar-refractivity contribution < 1.29 is 0 Å². The van der Waals surface area contributed by atoms with Crippen LogP contribution in [0.15, 0.2) is 29.1 Å². The van der Waals surface area contributed by atoms with E-state index in [0.29, 0.717) is 6.54 Å². The number of aromatic nitrogens is 3. The van der Waals surface area contributed by atoms with Crippen LogP contribution in [0.25, 0.3) is 0 Å². The van der Waals surface area contributed by atoms with Gasteiger partial charge >= 0.3 is 5.69 Å². The van der Waals surface area contributed by atoms with Crippen molar-refractivity contribution in [1.29, 1.82) is 0 Å². The van der Waals surface area contributed by atoms with Crippen molar-refractivity contribution in [2.75, 3.05) is 37.6 Å². The second kappa shape index (κ2) is 7.84. The van der Waals surface area contributed by atoms with Crippen LogP contribution < -0.4 is 10.6 Å². The van der Waals surface area contributed by atoms with E-state index in [1.807, 2.05) is 22.8 Å². The number of nitrogens with zero attached hydrogens (tertiary/aromatic N) is 5. The van der Waals surface area contributed by atoms with E-state index in [9.17, 15) is 4.79 Å². The quantitative estimate of drug-likeness (QED) is 0.804. The predicted octanol–water partition coefficient (Wildman–Crippen LogP) is 2.25. The van der Waals surface area contributed by atoms with Gasteiger partial charge in [-0.05, 0) is 37.5 Å². The molecule has 0 atom stereocenters. The van der Waals surface area contributed by atoms with Gasteiger partial charge in [-0.15, -0.1) is 0 Å². The first kappa shape index (κ1) is 17.6. The second-order valence-electron chi connectivity index (χ2n) is 7.19. The maximum atomic E-state index is 12.4. The Hall–Kier alpha value is -1.79. The Kier molecular flexibility index (Phi) is 5.31. The highest BCUT2D eigenvalue weighted by Gasteiger charge is 2.19. The molecule has 6 nitrogen and oxygen atoms in total. The molecule has 1 aromatic carbocycles. The molecule has 7 heteroatoms. The van der Waals surface area contributed by atoms with Gasteiger partial charge in [-0.3, -0.25) is 9.47 Å². The fourth-order valence-corrected chi connectivity index (χ4v) is 4.13. The molecule has 4 rings (SSSR count). The van der Waals surface area contributed by atoms with Crippen LogP contribution >= 0.6 is 11.6 Å². The van der Waals surface area contributed by atoms with Crippen molar-refractivity contribution in [3.8, 4) is 0 Å². The average Bonchev–Trinajstić information content (AvgIpc) is 2.99. The fraction of sp³-hybridized carbons (Fsp3) is 0.579. The van der Waals surface area contributed by atoms with Gasteiger partial charge in [0.1, 0.15) is 5.82 Å². The van der Waals surface area contributed by atoms with Crippen molar-refractivity contribution in [3.63, 3.8) is 0 Å². The zero-order valence-electron chi connectivity index (χ0n) is 15.1. The topological polar surface area (TPSA) is 46.3 Å². The number of hydrogen-bond acceptors (Lipinski definition) is 4. The number of benzene rings is 1. The minimum atomic E-state index is 0.0745. The van der Waals surface area contributed by atoms with Crippen LogP contribution in [0.4, 0.5) is 5.69 Å². The van der Waals surface area contributed by atoms with E-state index in [1.165, 1.54) is 5.69 Å². The van der Waals surface area contributed by atoms with E-state index < -0.39 is 0 Å². The molecule has 1 fully saturated rings. The number of halogens is 1. The van der Waals surface area contributed by atoms with Crippen molar-refractivity contribution in [3.05, 3.63) is 45.6 Å². The third-order valence-corrected chi connectivity index (χ3v) is 5.66. The molecule has 140 valence electrons. The lowest BCUT2D eigenvalue weighted by Crippen LogP contribution is -2.46. The molecular weight excluding hydrogens is 350 g/mol. The number of rotatable bonds is 5. The van der Waals surface area contributed by atoms with Crippen LogP contribution in [-0.4, -0.2) is 52.0 Å². The van der Waals surface area contributed by atoms with Crippen molar-refractivity contribution in [2.45, 2.75) is 38.8 Å². The standard InChI is InChI=1S/C19H26ClN5O/c20-16-5-3-6-17(15-16)23-13-11-22(12-14-23)8-4-10-25-19(26)24-9-2-1-7-18(24)21-25/h3,5-6,15H,1-2,4,7-14H2. The molecule has 3 heterocycles. The van der Waals surface area contributed by atoms with Gasteiger partial charge < -0.3 is 4.90 Å².